The van der Waals surface area contributed by atoms with E-state index < -0.39 is 24.0 Å². The molecule has 0 radical (unpaired) electrons. The third-order valence-electron chi connectivity index (χ3n) is 6.67. The van der Waals surface area contributed by atoms with Gasteiger partial charge in [-0.2, -0.15) is 0 Å². The minimum atomic E-state index is -1.01. The number of fused-ring (bicyclic) bond motifs is 2. The van der Waals surface area contributed by atoms with Gasteiger partial charge in [-0.3, -0.25) is 9.59 Å². The van der Waals surface area contributed by atoms with Crippen LogP contribution in [-0.2, 0) is 25.7 Å². The molecule has 0 aromatic heterocycles. The van der Waals surface area contributed by atoms with Gasteiger partial charge >= 0.3 is 5.97 Å². The number of nitrogens with zero attached hydrogens (tertiary/aromatic N) is 1. The fraction of sp³-hybridized carbons (Fsp3) is 0.259. The van der Waals surface area contributed by atoms with Crippen LogP contribution in [0.5, 0.6) is 11.5 Å². The average Bonchev–Trinajstić information content (AvgIpc) is 3.59. The monoisotopic (exact) mass is 457 g/mol. The molecule has 2 saturated heterocycles. The van der Waals surface area contributed by atoms with E-state index in [1.165, 1.54) is 0 Å². The Balaban J connectivity index is 1.34. The molecule has 0 spiro atoms. The van der Waals surface area contributed by atoms with Crippen LogP contribution in [0, 0.1) is 5.92 Å². The van der Waals surface area contributed by atoms with E-state index >= 15 is 0 Å². The van der Waals surface area contributed by atoms with Crippen molar-refractivity contribution in [2.45, 2.75) is 24.8 Å². The second-order valence-corrected chi connectivity index (χ2v) is 8.61. The van der Waals surface area contributed by atoms with Crippen LogP contribution in [0.4, 0.5) is 0 Å². The Morgan fingerprint density at radius 1 is 0.912 bits per heavy atom. The number of rotatable bonds is 5. The van der Waals surface area contributed by atoms with Crippen LogP contribution < -0.4 is 9.47 Å². The summed E-state index contributed by atoms with van der Waals surface area (Å²) in [6.45, 7) is 0.616. The zero-order chi connectivity index (χ0) is 23.1. The summed E-state index contributed by atoms with van der Waals surface area (Å²) in [5.74, 6) is -1.14. The molecule has 0 N–H and O–H groups in total. The van der Waals surface area contributed by atoms with Crippen molar-refractivity contribution in [3.05, 3.63) is 95.6 Å². The van der Waals surface area contributed by atoms with Crippen molar-refractivity contribution < 1.29 is 28.5 Å². The summed E-state index contributed by atoms with van der Waals surface area (Å²) in [4.78, 5) is 28.8. The Bertz CT molecular complexity index is 1210. The van der Waals surface area contributed by atoms with Gasteiger partial charge in [0.2, 0.25) is 12.7 Å². The highest BCUT2D eigenvalue weighted by Crippen LogP contribution is 2.49. The van der Waals surface area contributed by atoms with E-state index in [4.69, 9.17) is 18.9 Å². The van der Waals surface area contributed by atoms with E-state index in [1.54, 1.807) is 11.0 Å². The van der Waals surface area contributed by atoms with Crippen molar-refractivity contribution in [1.29, 1.82) is 0 Å². The van der Waals surface area contributed by atoms with E-state index in [0.717, 1.165) is 16.7 Å². The first-order chi connectivity index (χ1) is 16.7. The Labute approximate surface area is 196 Å². The lowest BCUT2D eigenvalue weighted by molar-refractivity contribution is -0.154. The maximum absolute atomic E-state index is 13.7. The molecule has 3 aliphatic rings. The van der Waals surface area contributed by atoms with E-state index in [9.17, 15) is 9.59 Å². The smallest absolute Gasteiger partial charge is 0.319 e. The Morgan fingerprint density at radius 3 is 2.44 bits per heavy atom. The van der Waals surface area contributed by atoms with Gasteiger partial charge in [0.1, 0.15) is 18.8 Å². The maximum Gasteiger partial charge on any atom is 0.319 e. The number of ether oxygens (including phenoxy) is 4. The summed E-state index contributed by atoms with van der Waals surface area (Å²) < 4.78 is 22.8. The van der Waals surface area contributed by atoms with Gasteiger partial charge in [-0.15, -0.1) is 0 Å². The van der Waals surface area contributed by atoms with E-state index in [2.05, 4.69) is 0 Å². The number of carbonyl (C=O) groups is 2. The van der Waals surface area contributed by atoms with Gasteiger partial charge in [-0.25, -0.2) is 0 Å². The summed E-state index contributed by atoms with van der Waals surface area (Å²) in [5.41, 5.74) is 2.61. The van der Waals surface area contributed by atoms with Crippen LogP contribution in [0.25, 0.3) is 0 Å². The third-order valence-corrected chi connectivity index (χ3v) is 6.67. The number of hydrogen-bond donors (Lipinski definition) is 0. The van der Waals surface area contributed by atoms with Crippen molar-refractivity contribution in [1.82, 2.24) is 4.90 Å². The first-order valence-corrected chi connectivity index (χ1v) is 11.3. The minimum Gasteiger partial charge on any atom is -0.460 e. The van der Waals surface area contributed by atoms with Crippen molar-refractivity contribution in [2.75, 3.05) is 13.4 Å². The van der Waals surface area contributed by atoms with Gasteiger partial charge in [0, 0.05) is 0 Å². The molecule has 7 nitrogen and oxygen atoms in total. The fourth-order valence-corrected chi connectivity index (χ4v) is 5.04. The Kier molecular flexibility index (Phi) is 5.19. The van der Waals surface area contributed by atoms with Gasteiger partial charge < -0.3 is 23.8 Å². The molecule has 7 heteroatoms. The highest BCUT2D eigenvalue weighted by Gasteiger charge is 2.58. The molecule has 2 fully saturated rings. The van der Waals surface area contributed by atoms with Crippen molar-refractivity contribution in [3.63, 3.8) is 0 Å². The average molecular weight is 457 g/mol. The van der Waals surface area contributed by atoms with Gasteiger partial charge in [-0.1, -0.05) is 66.7 Å². The third kappa shape index (κ3) is 3.49. The molecule has 3 aromatic rings. The number of hydrogen-bond acceptors (Lipinski definition) is 6. The number of esters is 1. The van der Waals surface area contributed by atoms with Gasteiger partial charge in [0.05, 0.1) is 18.6 Å². The summed E-state index contributed by atoms with van der Waals surface area (Å²) in [6, 6.07) is 24.4. The van der Waals surface area contributed by atoms with Gasteiger partial charge in [0.25, 0.3) is 0 Å². The molecule has 3 aliphatic heterocycles. The lowest BCUT2D eigenvalue weighted by atomic mass is 9.87. The van der Waals surface area contributed by atoms with Crippen LogP contribution in [0.2, 0.25) is 0 Å². The van der Waals surface area contributed by atoms with E-state index in [1.807, 2.05) is 72.8 Å². The Hall–Kier alpha value is -3.84. The molecule has 3 heterocycles. The second kappa shape index (κ2) is 8.50. The molecular weight excluding hydrogens is 434 g/mol. The van der Waals surface area contributed by atoms with Gasteiger partial charge in [-0.05, 0) is 28.8 Å². The first kappa shape index (κ1) is 20.7. The predicted octanol–water partition coefficient (Wildman–Crippen LogP) is 3.80. The molecule has 0 bridgehead atoms. The molecule has 172 valence electrons. The SMILES string of the molecule is O=C(OCc1ccccc1)[C@@H]1C(=O)N2[C@@H](c3ccccc3)CO[C@@H]2[C@H]1c1ccc2c(c1)OCO2. The number of carbonyl (C=O) groups excluding carboxylic acids is 2. The maximum atomic E-state index is 13.7. The molecule has 0 unspecified atom stereocenters. The van der Waals surface area contributed by atoms with Crippen LogP contribution in [0.1, 0.15) is 28.7 Å². The number of benzene rings is 3. The van der Waals surface area contributed by atoms with E-state index in [0.29, 0.717) is 18.1 Å². The lowest BCUT2D eigenvalue weighted by Crippen LogP contribution is -2.34. The molecule has 3 aromatic carbocycles. The molecular formula is C27H23NO6. The molecule has 34 heavy (non-hydrogen) atoms. The summed E-state index contributed by atoms with van der Waals surface area (Å²) in [6.07, 6.45) is -0.577. The van der Waals surface area contributed by atoms with Crippen molar-refractivity contribution in [2.24, 2.45) is 5.92 Å². The largest absolute Gasteiger partial charge is 0.460 e. The molecule has 1 amide bonds. The van der Waals surface area contributed by atoms with Crippen molar-refractivity contribution in [3.8, 4) is 11.5 Å². The molecule has 6 rings (SSSR count). The van der Waals surface area contributed by atoms with E-state index in [-0.39, 0.29) is 25.3 Å². The predicted molar refractivity (Wildman–Crippen MR) is 121 cm³/mol. The highest BCUT2D eigenvalue weighted by atomic mass is 16.7. The number of amides is 1. The zero-order valence-electron chi connectivity index (χ0n) is 18.3. The minimum absolute atomic E-state index is 0.102. The van der Waals surface area contributed by atoms with Crippen LogP contribution >= 0.6 is 0 Å². The quantitative estimate of drug-likeness (QED) is 0.429. The standard InChI is InChI=1S/C27H23NO6/c29-25-24(27(30)32-14-17-7-3-1-4-8-17)23(19-11-12-21-22(13-19)34-16-33-21)26-28(25)20(15-31-26)18-9-5-2-6-10-18/h1-13,20,23-24,26H,14-16H2/t20-,23+,24+,26-/m1/s1. The Morgan fingerprint density at radius 2 is 1.65 bits per heavy atom. The van der Waals surface area contributed by atoms with Gasteiger partial charge in [0.15, 0.2) is 11.5 Å². The summed E-state index contributed by atoms with van der Waals surface area (Å²) in [5, 5.41) is 0. The first-order valence-electron chi connectivity index (χ1n) is 11.3. The summed E-state index contributed by atoms with van der Waals surface area (Å²) >= 11 is 0. The van der Waals surface area contributed by atoms with Crippen LogP contribution in [0.3, 0.4) is 0 Å². The molecule has 4 atom stereocenters. The zero-order valence-corrected chi connectivity index (χ0v) is 18.3. The van der Waals surface area contributed by atoms with Crippen LogP contribution in [-0.4, -0.2) is 36.4 Å². The second-order valence-electron chi connectivity index (χ2n) is 8.61. The normalized spacial score (nSPS) is 24.8. The summed E-state index contributed by atoms with van der Waals surface area (Å²) in [7, 11) is 0. The van der Waals surface area contributed by atoms with Crippen molar-refractivity contribution >= 4 is 11.9 Å². The topological polar surface area (TPSA) is 74.3 Å². The molecule has 0 aliphatic carbocycles. The fourth-order valence-electron chi connectivity index (χ4n) is 5.04. The highest BCUT2D eigenvalue weighted by molar-refractivity contribution is 6.01. The molecule has 0 saturated carbocycles. The lowest BCUT2D eigenvalue weighted by Gasteiger charge is -2.23. The van der Waals surface area contributed by atoms with Crippen LogP contribution in [0.15, 0.2) is 78.9 Å².